The van der Waals surface area contributed by atoms with Gasteiger partial charge in [0, 0.05) is 37.1 Å². The lowest BCUT2D eigenvalue weighted by Gasteiger charge is -2.18. The Kier molecular flexibility index (Phi) is 8.42. The predicted molar refractivity (Wildman–Crippen MR) is 105 cm³/mol. The minimum absolute atomic E-state index is 0.0629. The van der Waals surface area contributed by atoms with Gasteiger partial charge in [-0.25, -0.2) is 4.98 Å². The zero-order valence-electron chi connectivity index (χ0n) is 15.0. The highest BCUT2D eigenvalue weighted by Gasteiger charge is 2.10. The number of rotatable bonds is 9. The number of hydrogen-bond acceptors (Lipinski definition) is 4. The van der Waals surface area contributed by atoms with Crippen LogP contribution in [0.2, 0.25) is 0 Å². The molecule has 2 aromatic rings. The summed E-state index contributed by atoms with van der Waals surface area (Å²) < 4.78 is 0. The van der Waals surface area contributed by atoms with Crippen LogP contribution in [0.15, 0.2) is 40.7 Å². The van der Waals surface area contributed by atoms with Crippen molar-refractivity contribution >= 4 is 17.3 Å². The molecule has 0 saturated heterocycles. The maximum absolute atomic E-state index is 9.62. The van der Waals surface area contributed by atoms with Crippen LogP contribution in [0, 0.1) is 6.92 Å². The molecule has 0 amide bonds. The van der Waals surface area contributed by atoms with Crippen LogP contribution in [-0.4, -0.2) is 42.8 Å². The quantitative estimate of drug-likeness (QED) is 0.365. The molecule has 0 saturated carbocycles. The minimum Gasteiger partial charge on any atom is -0.396 e. The molecule has 136 valence electrons. The molecular weight excluding hydrogens is 332 g/mol. The van der Waals surface area contributed by atoms with Crippen molar-refractivity contribution < 1.29 is 5.11 Å². The Morgan fingerprint density at radius 2 is 2.04 bits per heavy atom. The lowest BCUT2D eigenvalue weighted by molar-refractivity contribution is 0.265. The Bertz CT molecular complexity index is 642. The fourth-order valence-corrected chi connectivity index (χ4v) is 3.40. The zero-order chi connectivity index (χ0) is 17.9. The first-order valence-corrected chi connectivity index (χ1v) is 9.62. The highest BCUT2D eigenvalue weighted by Crippen LogP contribution is 2.13. The maximum Gasteiger partial charge on any atom is 0.190 e. The molecule has 0 spiro atoms. The van der Waals surface area contributed by atoms with Gasteiger partial charge in [0.05, 0.1) is 11.6 Å². The fraction of sp³-hybridized carbons (Fsp3) is 0.474. The first-order valence-electron chi connectivity index (χ1n) is 8.74. The van der Waals surface area contributed by atoms with E-state index in [9.17, 15) is 5.11 Å². The third kappa shape index (κ3) is 6.84. The van der Waals surface area contributed by atoms with Crippen LogP contribution < -0.4 is 10.6 Å². The summed E-state index contributed by atoms with van der Waals surface area (Å²) in [4.78, 5) is 8.73. The topological polar surface area (TPSA) is 69.5 Å². The summed E-state index contributed by atoms with van der Waals surface area (Å²) in [5, 5.41) is 19.6. The summed E-state index contributed by atoms with van der Waals surface area (Å²) in [5.41, 5.74) is 2.24. The summed E-state index contributed by atoms with van der Waals surface area (Å²) in [6.45, 7) is 3.67. The highest BCUT2D eigenvalue weighted by atomic mass is 32.1. The van der Waals surface area contributed by atoms with Crippen LogP contribution in [0.1, 0.15) is 35.0 Å². The molecule has 0 bridgehead atoms. The normalized spacial score (nSPS) is 12.8. The SMILES string of the molecule is CN=C(NCCCCc1nc(C)cs1)NCC(CO)c1ccccc1. The molecule has 25 heavy (non-hydrogen) atoms. The number of thiazole rings is 1. The van der Waals surface area contributed by atoms with E-state index >= 15 is 0 Å². The summed E-state index contributed by atoms with van der Waals surface area (Å²) in [6.07, 6.45) is 3.22. The van der Waals surface area contributed by atoms with Crippen LogP contribution in [-0.2, 0) is 6.42 Å². The van der Waals surface area contributed by atoms with Gasteiger partial charge in [-0.3, -0.25) is 4.99 Å². The molecule has 0 radical (unpaired) electrons. The summed E-state index contributed by atoms with van der Waals surface area (Å²) in [7, 11) is 1.77. The number of benzene rings is 1. The smallest absolute Gasteiger partial charge is 0.190 e. The molecule has 2 rings (SSSR count). The molecule has 0 aliphatic carbocycles. The molecule has 0 aliphatic heterocycles. The lowest BCUT2D eigenvalue weighted by Crippen LogP contribution is -2.40. The number of unbranched alkanes of at least 4 members (excludes halogenated alkanes) is 1. The second-order valence-corrected chi connectivity index (χ2v) is 6.95. The lowest BCUT2D eigenvalue weighted by atomic mass is 10.0. The van der Waals surface area contributed by atoms with E-state index in [0.29, 0.717) is 6.54 Å². The molecule has 6 heteroatoms. The first kappa shape index (κ1) is 19.4. The van der Waals surface area contributed by atoms with Crippen LogP contribution >= 0.6 is 11.3 Å². The van der Waals surface area contributed by atoms with Crippen molar-refractivity contribution in [3.63, 3.8) is 0 Å². The number of nitrogens with one attached hydrogen (secondary N) is 2. The van der Waals surface area contributed by atoms with Crippen molar-refractivity contribution in [3.05, 3.63) is 52.0 Å². The molecule has 1 aromatic carbocycles. The molecule has 1 unspecified atom stereocenters. The molecule has 1 aromatic heterocycles. The Balaban J connectivity index is 1.66. The highest BCUT2D eigenvalue weighted by molar-refractivity contribution is 7.09. The molecule has 0 fully saturated rings. The van der Waals surface area contributed by atoms with Gasteiger partial charge in [0.2, 0.25) is 0 Å². The molecule has 1 atom stereocenters. The van der Waals surface area contributed by atoms with E-state index in [-0.39, 0.29) is 12.5 Å². The number of aryl methyl sites for hydroxylation is 2. The molecule has 3 N–H and O–H groups in total. The van der Waals surface area contributed by atoms with Crippen molar-refractivity contribution in [2.24, 2.45) is 4.99 Å². The van der Waals surface area contributed by atoms with Crippen molar-refractivity contribution in [1.82, 2.24) is 15.6 Å². The van der Waals surface area contributed by atoms with E-state index in [1.165, 1.54) is 5.01 Å². The van der Waals surface area contributed by atoms with Gasteiger partial charge in [0.15, 0.2) is 5.96 Å². The Labute approximate surface area is 154 Å². The number of aliphatic imine (C=N–C) groups is 1. The van der Waals surface area contributed by atoms with E-state index in [0.717, 1.165) is 43.0 Å². The maximum atomic E-state index is 9.62. The number of guanidine groups is 1. The van der Waals surface area contributed by atoms with Crippen molar-refractivity contribution in [2.45, 2.75) is 32.1 Å². The molecule has 0 aliphatic rings. The minimum atomic E-state index is 0.0629. The van der Waals surface area contributed by atoms with E-state index in [1.807, 2.05) is 37.3 Å². The fourth-order valence-electron chi connectivity index (χ4n) is 2.58. The van der Waals surface area contributed by atoms with Crippen LogP contribution in [0.5, 0.6) is 0 Å². The van der Waals surface area contributed by atoms with Gasteiger partial charge in [0.25, 0.3) is 0 Å². The summed E-state index contributed by atoms with van der Waals surface area (Å²) >= 11 is 1.74. The summed E-state index contributed by atoms with van der Waals surface area (Å²) in [5.74, 6) is 0.840. The van der Waals surface area contributed by atoms with E-state index in [1.54, 1.807) is 18.4 Å². The van der Waals surface area contributed by atoms with Gasteiger partial charge in [-0.2, -0.15) is 0 Å². The Morgan fingerprint density at radius 3 is 2.68 bits per heavy atom. The van der Waals surface area contributed by atoms with Crippen molar-refractivity contribution in [2.75, 3.05) is 26.7 Å². The second-order valence-electron chi connectivity index (χ2n) is 6.01. The second kappa shape index (κ2) is 10.8. The Morgan fingerprint density at radius 1 is 1.24 bits per heavy atom. The van der Waals surface area contributed by atoms with Crippen LogP contribution in [0.3, 0.4) is 0 Å². The Hall–Kier alpha value is -1.92. The molecular formula is C19H28N4OS. The van der Waals surface area contributed by atoms with Gasteiger partial charge >= 0.3 is 0 Å². The third-order valence-electron chi connectivity index (χ3n) is 4.01. The first-order chi connectivity index (χ1) is 12.2. The monoisotopic (exact) mass is 360 g/mol. The number of hydrogen-bond donors (Lipinski definition) is 3. The number of aromatic nitrogens is 1. The third-order valence-corrected chi connectivity index (χ3v) is 5.03. The summed E-state index contributed by atoms with van der Waals surface area (Å²) in [6, 6.07) is 10.1. The van der Waals surface area contributed by atoms with Gasteiger partial charge in [-0.1, -0.05) is 30.3 Å². The number of nitrogens with zero attached hydrogens (tertiary/aromatic N) is 2. The van der Waals surface area contributed by atoms with E-state index in [4.69, 9.17) is 0 Å². The average molecular weight is 361 g/mol. The van der Waals surface area contributed by atoms with Gasteiger partial charge in [-0.15, -0.1) is 11.3 Å². The van der Waals surface area contributed by atoms with Gasteiger partial charge in [0.1, 0.15) is 0 Å². The van der Waals surface area contributed by atoms with Gasteiger partial charge < -0.3 is 15.7 Å². The van der Waals surface area contributed by atoms with E-state index < -0.39 is 0 Å². The van der Waals surface area contributed by atoms with E-state index in [2.05, 4.69) is 26.0 Å². The predicted octanol–water partition coefficient (Wildman–Crippen LogP) is 2.72. The molecule has 1 heterocycles. The van der Waals surface area contributed by atoms with Crippen molar-refractivity contribution in [3.8, 4) is 0 Å². The van der Waals surface area contributed by atoms with Crippen LogP contribution in [0.25, 0.3) is 0 Å². The standard InChI is InChI=1S/C19H28N4OS/c1-15-14-25-18(23-15)10-6-7-11-21-19(20-2)22-12-17(13-24)16-8-4-3-5-9-16/h3-5,8-9,14,17,24H,6-7,10-13H2,1-2H3,(H2,20,21,22). The largest absolute Gasteiger partial charge is 0.396 e. The van der Waals surface area contributed by atoms with Crippen molar-refractivity contribution in [1.29, 1.82) is 0 Å². The van der Waals surface area contributed by atoms with Crippen LogP contribution in [0.4, 0.5) is 0 Å². The van der Waals surface area contributed by atoms with Gasteiger partial charge in [-0.05, 0) is 31.7 Å². The number of aliphatic hydroxyl groups excluding tert-OH is 1. The molecule has 5 nitrogen and oxygen atoms in total. The average Bonchev–Trinajstić information content (AvgIpc) is 3.06. The zero-order valence-corrected chi connectivity index (χ0v) is 15.9. The number of aliphatic hydroxyl groups is 1.